The minimum atomic E-state index is -4.13. The van der Waals surface area contributed by atoms with E-state index in [-0.39, 0.29) is 18.2 Å². The van der Waals surface area contributed by atoms with Crippen molar-refractivity contribution in [3.8, 4) is 0 Å². The normalized spacial score (nSPS) is 16.0. The molecule has 1 aromatic rings. The van der Waals surface area contributed by atoms with Crippen LogP contribution >= 0.6 is 0 Å². The molecule has 1 atom stereocenters. The maximum atomic E-state index is 12.4. The second kappa shape index (κ2) is 8.37. The number of amides is 1. The maximum absolute atomic E-state index is 12.4. The van der Waals surface area contributed by atoms with Gasteiger partial charge in [0.1, 0.15) is 0 Å². The van der Waals surface area contributed by atoms with E-state index in [0.717, 1.165) is 32.4 Å². The molecule has 1 heterocycles. The number of aryl methyl sites for hydroxylation is 1. The van der Waals surface area contributed by atoms with E-state index >= 15 is 0 Å². The molecule has 5 heteroatoms. The standard InChI is InChI=1S/C18H24F3NO/c19-18(20,21)12-5-11-16(17(23)22-13-6-14-22)10-4-9-15-7-2-1-3-8-15/h1-3,7-8,16H,4-6,9-14H2/t16-/m1/s1. The first-order valence-electron chi connectivity index (χ1n) is 8.35. The van der Waals surface area contributed by atoms with E-state index in [1.54, 1.807) is 4.90 Å². The summed E-state index contributed by atoms with van der Waals surface area (Å²) in [4.78, 5) is 14.1. The number of carbonyl (C=O) groups excluding carboxylic acids is 1. The molecule has 2 rings (SSSR count). The van der Waals surface area contributed by atoms with Gasteiger partial charge in [-0.05, 0) is 44.1 Å². The third-order valence-electron chi connectivity index (χ3n) is 4.39. The van der Waals surface area contributed by atoms with Gasteiger partial charge in [-0.25, -0.2) is 0 Å². The Labute approximate surface area is 135 Å². The lowest BCUT2D eigenvalue weighted by Crippen LogP contribution is -2.45. The van der Waals surface area contributed by atoms with Crippen LogP contribution in [0, 0.1) is 5.92 Å². The van der Waals surface area contributed by atoms with Crippen LogP contribution in [0.3, 0.4) is 0 Å². The van der Waals surface area contributed by atoms with E-state index in [9.17, 15) is 18.0 Å². The summed E-state index contributed by atoms with van der Waals surface area (Å²) in [6.07, 6.45) is -1.18. The van der Waals surface area contributed by atoms with Crippen LogP contribution in [0.15, 0.2) is 30.3 Å². The van der Waals surface area contributed by atoms with Gasteiger partial charge in [0.05, 0.1) is 0 Å². The second-order valence-electron chi connectivity index (χ2n) is 6.26. The summed E-state index contributed by atoms with van der Waals surface area (Å²) in [6, 6.07) is 9.98. The van der Waals surface area contributed by atoms with Gasteiger partial charge in [-0.1, -0.05) is 30.3 Å². The number of benzene rings is 1. The third kappa shape index (κ3) is 6.24. The monoisotopic (exact) mass is 327 g/mol. The molecule has 1 aliphatic rings. The van der Waals surface area contributed by atoms with Crippen LogP contribution in [-0.2, 0) is 11.2 Å². The summed E-state index contributed by atoms with van der Waals surface area (Å²) >= 11 is 0. The first kappa shape index (κ1) is 17.8. The first-order valence-corrected chi connectivity index (χ1v) is 8.35. The van der Waals surface area contributed by atoms with E-state index in [2.05, 4.69) is 0 Å². The second-order valence-corrected chi connectivity index (χ2v) is 6.26. The Morgan fingerprint density at radius 3 is 2.30 bits per heavy atom. The van der Waals surface area contributed by atoms with Crippen LogP contribution in [0.4, 0.5) is 13.2 Å². The van der Waals surface area contributed by atoms with Crippen LogP contribution in [0.1, 0.15) is 44.1 Å². The minimum Gasteiger partial charge on any atom is -0.342 e. The molecule has 1 amide bonds. The summed E-state index contributed by atoms with van der Waals surface area (Å²) in [5, 5.41) is 0. The number of carbonyl (C=O) groups is 1. The molecular formula is C18H24F3NO. The molecule has 1 fully saturated rings. The highest BCUT2D eigenvalue weighted by molar-refractivity contribution is 5.79. The van der Waals surface area contributed by atoms with Crippen molar-refractivity contribution in [2.24, 2.45) is 5.92 Å². The molecule has 0 bridgehead atoms. The smallest absolute Gasteiger partial charge is 0.342 e. The van der Waals surface area contributed by atoms with Gasteiger partial charge in [-0.15, -0.1) is 0 Å². The average Bonchev–Trinajstić information content (AvgIpc) is 2.43. The zero-order valence-corrected chi connectivity index (χ0v) is 13.3. The Kier molecular flexibility index (Phi) is 6.48. The Bertz CT molecular complexity index is 483. The molecule has 0 saturated carbocycles. The van der Waals surface area contributed by atoms with Crippen LogP contribution in [0.2, 0.25) is 0 Å². The molecule has 0 radical (unpaired) electrons. The molecule has 0 aromatic heterocycles. The Balaban J connectivity index is 1.81. The fourth-order valence-corrected chi connectivity index (χ4v) is 2.93. The fourth-order valence-electron chi connectivity index (χ4n) is 2.93. The average molecular weight is 327 g/mol. The molecular weight excluding hydrogens is 303 g/mol. The minimum absolute atomic E-state index is 0.0408. The predicted octanol–water partition coefficient (Wildman–Crippen LogP) is 4.59. The van der Waals surface area contributed by atoms with Gasteiger partial charge in [-0.2, -0.15) is 13.2 Å². The van der Waals surface area contributed by atoms with Crippen LogP contribution in [-0.4, -0.2) is 30.1 Å². The Morgan fingerprint density at radius 1 is 1.09 bits per heavy atom. The molecule has 1 aliphatic heterocycles. The number of rotatable bonds is 8. The Hall–Kier alpha value is -1.52. The van der Waals surface area contributed by atoms with Crippen molar-refractivity contribution in [2.75, 3.05) is 13.1 Å². The largest absolute Gasteiger partial charge is 0.389 e. The van der Waals surface area contributed by atoms with E-state index in [1.807, 2.05) is 30.3 Å². The zero-order valence-electron chi connectivity index (χ0n) is 13.3. The molecule has 1 aromatic carbocycles. The van der Waals surface area contributed by atoms with Crippen molar-refractivity contribution in [1.82, 2.24) is 4.90 Å². The van der Waals surface area contributed by atoms with Crippen molar-refractivity contribution >= 4 is 5.91 Å². The van der Waals surface area contributed by atoms with Crippen LogP contribution in [0.25, 0.3) is 0 Å². The molecule has 2 nitrogen and oxygen atoms in total. The van der Waals surface area contributed by atoms with Gasteiger partial charge < -0.3 is 4.90 Å². The summed E-state index contributed by atoms with van der Waals surface area (Å²) < 4.78 is 37.0. The van der Waals surface area contributed by atoms with Crippen molar-refractivity contribution in [3.63, 3.8) is 0 Å². The van der Waals surface area contributed by atoms with Crippen LogP contribution < -0.4 is 0 Å². The number of likely N-dealkylation sites (tertiary alicyclic amines) is 1. The van der Waals surface area contributed by atoms with Gasteiger partial charge in [0.15, 0.2) is 0 Å². The topological polar surface area (TPSA) is 20.3 Å². The highest BCUT2D eigenvalue weighted by atomic mass is 19.4. The van der Waals surface area contributed by atoms with E-state index < -0.39 is 12.6 Å². The highest BCUT2D eigenvalue weighted by Gasteiger charge is 2.30. The van der Waals surface area contributed by atoms with Gasteiger partial charge in [0.2, 0.25) is 5.91 Å². The maximum Gasteiger partial charge on any atom is 0.389 e. The summed E-state index contributed by atoms with van der Waals surface area (Å²) in [6.45, 7) is 1.51. The third-order valence-corrected chi connectivity index (χ3v) is 4.39. The SMILES string of the molecule is O=C([C@H](CCCc1ccccc1)CCCC(F)(F)F)N1CCC1. The molecule has 0 unspecified atom stereocenters. The fraction of sp³-hybridized carbons (Fsp3) is 0.611. The summed E-state index contributed by atoms with van der Waals surface area (Å²) in [5.74, 6) is -0.215. The van der Waals surface area contributed by atoms with E-state index in [4.69, 9.17) is 0 Å². The number of halogens is 3. The van der Waals surface area contributed by atoms with Gasteiger partial charge in [0, 0.05) is 25.4 Å². The summed E-state index contributed by atoms with van der Waals surface area (Å²) in [5.41, 5.74) is 1.21. The lowest BCUT2D eigenvalue weighted by Gasteiger charge is -2.34. The zero-order chi connectivity index (χ0) is 16.7. The highest BCUT2D eigenvalue weighted by Crippen LogP contribution is 2.27. The first-order chi connectivity index (χ1) is 11.0. The number of hydrogen-bond donors (Lipinski definition) is 0. The molecule has 1 saturated heterocycles. The number of hydrogen-bond acceptors (Lipinski definition) is 1. The van der Waals surface area contributed by atoms with Crippen molar-refractivity contribution < 1.29 is 18.0 Å². The van der Waals surface area contributed by atoms with E-state index in [1.165, 1.54) is 5.56 Å². The van der Waals surface area contributed by atoms with E-state index in [0.29, 0.717) is 12.8 Å². The van der Waals surface area contributed by atoms with Crippen molar-refractivity contribution in [1.29, 1.82) is 0 Å². The lowest BCUT2D eigenvalue weighted by atomic mass is 9.92. The molecule has 23 heavy (non-hydrogen) atoms. The molecule has 0 N–H and O–H groups in total. The summed E-state index contributed by atoms with van der Waals surface area (Å²) in [7, 11) is 0. The van der Waals surface area contributed by atoms with Gasteiger partial charge >= 0.3 is 6.18 Å². The predicted molar refractivity (Wildman–Crippen MR) is 84.0 cm³/mol. The van der Waals surface area contributed by atoms with Crippen molar-refractivity contribution in [2.45, 2.75) is 51.1 Å². The molecule has 128 valence electrons. The van der Waals surface area contributed by atoms with Crippen molar-refractivity contribution in [3.05, 3.63) is 35.9 Å². The lowest BCUT2D eigenvalue weighted by molar-refractivity contribution is -0.143. The number of alkyl halides is 3. The van der Waals surface area contributed by atoms with Crippen LogP contribution in [0.5, 0.6) is 0 Å². The molecule has 0 spiro atoms. The number of nitrogens with zero attached hydrogens (tertiary/aromatic N) is 1. The van der Waals surface area contributed by atoms with Gasteiger partial charge in [-0.3, -0.25) is 4.79 Å². The Morgan fingerprint density at radius 2 is 1.74 bits per heavy atom. The van der Waals surface area contributed by atoms with Gasteiger partial charge in [0.25, 0.3) is 0 Å². The molecule has 0 aliphatic carbocycles. The quantitative estimate of drug-likeness (QED) is 0.684.